The van der Waals surface area contributed by atoms with Crippen molar-refractivity contribution >= 4 is 41.3 Å². The second kappa shape index (κ2) is 12.6. The predicted molar refractivity (Wildman–Crippen MR) is 138 cm³/mol. The number of likely N-dealkylation sites (N-methyl/N-ethyl adjacent to an activating group) is 1. The predicted octanol–water partition coefficient (Wildman–Crippen LogP) is 3.41. The number of thiophene rings is 1. The highest BCUT2D eigenvalue weighted by atomic mass is 127. The molecule has 8 heteroatoms. The fourth-order valence-corrected chi connectivity index (χ4v) is 5.29. The molecular formula is C22H40IN5OS. The van der Waals surface area contributed by atoms with Crippen molar-refractivity contribution in [2.45, 2.75) is 44.2 Å². The number of hydrogen-bond donors (Lipinski definition) is 2. The van der Waals surface area contributed by atoms with Gasteiger partial charge in [0.05, 0.1) is 6.04 Å². The molecular weight excluding hydrogens is 509 g/mol. The van der Waals surface area contributed by atoms with E-state index in [0.717, 1.165) is 51.0 Å². The minimum Gasteiger partial charge on any atom is -0.381 e. The van der Waals surface area contributed by atoms with Crippen LogP contribution in [0.15, 0.2) is 22.5 Å². The SMILES string of the molecule is CN=C(NCC(c1cccs1)N1CCC(C)CC1)NCC1(N(C)C)CCOCC1.I. The molecule has 30 heavy (non-hydrogen) atoms. The van der Waals surface area contributed by atoms with Gasteiger partial charge in [-0.2, -0.15) is 0 Å². The third kappa shape index (κ3) is 6.79. The minimum atomic E-state index is 0. The lowest BCUT2D eigenvalue weighted by Crippen LogP contribution is -2.57. The van der Waals surface area contributed by atoms with Gasteiger partial charge >= 0.3 is 0 Å². The summed E-state index contributed by atoms with van der Waals surface area (Å²) in [5.41, 5.74) is 0.131. The largest absolute Gasteiger partial charge is 0.381 e. The van der Waals surface area contributed by atoms with Gasteiger partial charge in [-0.25, -0.2) is 0 Å². The molecule has 1 aromatic heterocycles. The van der Waals surface area contributed by atoms with Gasteiger partial charge < -0.3 is 20.3 Å². The van der Waals surface area contributed by atoms with Crippen molar-refractivity contribution in [2.75, 3.05) is 60.5 Å². The smallest absolute Gasteiger partial charge is 0.191 e. The maximum Gasteiger partial charge on any atom is 0.191 e. The first kappa shape index (κ1) is 25.8. The summed E-state index contributed by atoms with van der Waals surface area (Å²) in [6, 6.07) is 4.85. The Bertz CT molecular complexity index is 625. The van der Waals surface area contributed by atoms with Crippen LogP contribution in [-0.2, 0) is 4.74 Å². The molecule has 2 N–H and O–H groups in total. The first-order chi connectivity index (χ1) is 14.0. The van der Waals surface area contributed by atoms with Gasteiger partial charge in [-0.1, -0.05) is 13.0 Å². The van der Waals surface area contributed by atoms with Gasteiger partial charge in [0, 0.05) is 43.8 Å². The van der Waals surface area contributed by atoms with E-state index in [4.69, 9.17) is 4.74 Å². The quantitative estimate of drug-likeness (QED) is 0.310. The van der Waals surface area contributed by atoms with Gasteiger partial charge in [-0.05, 0) is 70.2 Å². The van der Waals surface area contributed by atoms with Gasteiger partial charge in [0.25, 0.3) is 0 Å². The maximum absolute atomic E-state index is 5.60. The number of halogens is 1. The van der Waals surface area contributed by atoms with Crippen LogP contribution in [0.5, 0.6) is 0 Å². The highest BCUT2D eigenvalue weighted by molar-refractivity contribution is 14.0. The first-order valence-corrected chi connectivity index (χ1v) is 11.9. The van der Waals surface area contributed by atoms with Crippen LogP contribution in [0.25, 0.3) is 0 Å². The molecule has 172 valence electrons. The summed E-state index contributed by atoms with van der Waals surface area (Å²) in [5.74, 6) is 1.74. The van der Waals surface area contributed by atoms with Gasteiger partial charge in [0.1, 0.15) is 0 Å². The second-order valence-corrected chi connectivity index (χ2v) is 9.77. The fourth-order valence-electron chi connectivity index (χ4n) is 4.43. The van der Waals surface area contributed by atoms with E-state index < -0.39 is 0 Å². The summed E-state index contributed by atoms with van der Waals surface area (Å²) in [6.07, 6.45) is 4.69. The van der Waals surface area contributed by atoms with Gasteiger partial charge in [-0.3, -0.25) is 9.89 Å². The standard InChI is InChI=1S/C22H39N5OS.HI/c1-18-7-11-27(12-8-18)19(20-6-5-15-29-20)16-24-21(23-2)25-17-22(26(3)4)9-13-28-14-10-22;/h5-6,15,18-19H,7-14,16-17H2,1-4H3,(H2,23,24,25);1H. The summed E-state index contributed by atoms with van der Waals surface area (Å²) in [6.45, 7) is 8.17. The molecule has 0 saturated carbocycles. The lowest BCUT2D eigenvalue weighted by molar-refractivity contribution is -0.00502. The number of ether oxygens (including phenoxy) is 1. The van der Waals surface area contributed by atoms with Gasteiger partial charge in [0.2, 0.25) is 0 Å². The average molecular weight is 550 g/mol. The number of aliphatic imine (C=N–C) groups is 1. The van der Waals surface area contributed by atoms with E-state index in [0.29, 0.717) is 6.04 Å². The number of guanidine groups is 1. The molecule has 1 unspecified atom stereocenters. The van der Waals surface area contributed by atoms with E-state index in [1.807, 2.05) is 18.4 Å². The molecule has 6 nitrogen and oxygen atoms in total. The summed E-state index contributed by atoms with van der Waals surface area (Å²) in [5, 5.41) is 9.40. The van der Waals surface area contributed by atoms with Crippen LogP contribution in [-0.4, -0.2) is 81.8 Å². The molecule has 2 fully saturated rings. The molecule has 2 saturated heterocycles. The number of nitrogens with zero attached hydrogens (tertiary/aromatic N) is 3. The number of hydrogen-bond acceptors (Lipinski definition) is 5. The summed E-state index contributed by atoms with van der Waals surface area (Å²) in [4.78, 5) is 10.9. The zero-order chi connectivity index (χ0) is 20.7. The third-order valence-corrected chi connectivity index (χ3v) is 7.75. The van der Waals surface area contributed by atoms with Crippen molar-refractivity contribution in [1.82, 2.24) is 20.4 Å². The van der Waals surface area contributed by atoms with E-state index in [-0.39, 0.29) is 29.5 Å². The van der Waals surface area contributed by atoms with Crippen LogP contribution >= 0.6 is 35.3 Å². The van der Waals surface area contributed by atoms with Crippen LogP contribution in [0, 0.1) is 5.92 Å². The average Bonchev–Trinajstić information content (AvgIpc) is 3.27. The Kier molecular flexibility index (Phi) is 10.8. The first-order valence-electron chi connectivity index (χ1n) is 11.0. The molecule has 0 amide bonds. The van der Waals surface area contributed by atoms with Gasteiger partial charge in [-0.15, -0.1) is 35.3 Å². The lowest BCUT2D eigenvalue weighted by Gasteiger charge is -2.43. The molecule has 0 aliphatic carbocycles. The Hall–Kier alpha value is -0.420. The highest BCUT2D eigenvalue weighted by Gasteiger charge is 2.35. The number of piperidine rings is 1. The Labute approximate surface area is 203 Å². The summed E-state index contributed by atoms with van der Waals surface area (Å²) < 4.78 is 5.60. The Morgan fingerprint density at radius 2 is 2.00 bits per heavy atom. The monoisotopic (exact) mass is 549 g/mol. The van der Waals surface area contributed by atoms with E-state index in [1.165, 1.54) is 30.8 Å². The maximum atomic E-state index is 5.60. The Balaban J connectivity index is 0.00000320. The highest BCUT2D eigenvalue weighted by Crippen LogP contribution is 2.29. The van der Waals surface area contributed by atoms with Crippen LogP contribution < -0.4 is 10.6 Å². The normalized spacial score (nSPS) is 21.8. The fraction of sp³-hybridized carbons (Fsp3) is 0.773. The molecule has 3 rings (SSSR count). The molecule has 1 atom stereocenters. The van der Waals surface area contributed by atoms with Gasteiger partial charge in [0.15, 0.2) is 5.96 Å². The number of rotatable bonds is 7. The Morgan fingerprint density at radius 3 is 2.57 bits per heavy atom. The van der Waals surface area contributed by atoms with Crippen LogP contribution in [0.4, 0.5) is 0 Å². The van der Waals surface area contributed by atoms with Crippen molar-refractivity contribution < 1.29 is 4.74 Å². The number of likely N-dealkylation sites (tertiary alicyclic amines) is 1. The second-order valence-electron chi connectivity index (χ2n) is 8.79. The van der Waals surface area contributed by atoms with Crippen molar-refractivity contribution in [3.05, 3.63) is 22.4 Å². The van der Waals surface area contributed by atoms with E-state index >= 15 is 0 Å². The topological polar surface area (TPSA) is 52.1 Å². The zero-order valence-electron chi connectivity index (χ0n) is 19.0. The van der Waals surface area contributed by atoms with Crippen LogP contribution in [0.3, 0.4) is 0 Å². The van der Waals surface area contributed by atoms with Crippen molar-refractivity contribution in [1.29, 1.82) is 0 Å². The molecule has 0 spiro atoms. The zero-order valence-corrected chi connectivity index (χ0v) is 22.2. The van der Waals surface area contributed by atoms with Crippen molar-refractivity contribution in [3.63, 3.8) is 0 Å². The molecule has 3 heterocycles. The molecule has 0 aromatic carbocycles. The minimum absolute atomic E-state index is 0. The molecule has 2 aliphatic heterocycles. The van der Waals surface area contributed by atoms with E-state index in [9.17, 15) is 0 Å². The lowest BCUT2D eigenvalue weighted by atomic mass is 9.88. The van der Waals surface area contributed by atoms with Crippen molar-refractivity contribution in [2.24, 2.45) is 10.9 Å². The summed E-state index contributed by atoms with van der Waals surface area (Å²) in [7, 11) is 6.21. The molecule has 0 radical (unpaired) electrons. The third-order valence-electron chi connectivity index (χ3n) is 6.77. The molecule has 0 bridgehead atoms. The summed E-state index contributed by atoms with van der Waals surface area (Å²) >= 11 is 1.86. The number of nitrogens with one attached hydrogen (secondary N) is 2. The Morgan fingerprint density at radius 1 is 1.30 bits per heavy atom. The van der Waals surface area contributed by atoms with E-state index in [2.05, 4.69) is 64.0 Å². The molecule has 2 aliphatic rings. The van der Waals surface area contributed by atoms with Crippen LogP contribution in [0.2, 0.25) is 0 Å². The van der Waals surface area contributed by atoms with E-state index in [1.54, 1.807) is 0 Å². The van der Waals surface area contributed by atoms with Crippen LogP contribution in [0.1, 0.15) is 43.5 Å². The van der Waals surface area contributed by atoms with Crippen molar-refractivity contribution in [3.8, 4) is 0 Å². The molecule has 1 aromatic rings.